The van der Waals surface area contributed by atoms with Gasteiger partial charge in [-0.2, -0.15) is 0 Å². The van der Waals surface area contributed by atoms with Crippen molar-refractivity contribution in [2.45, 2.75) is 25.8 Å². The van der Waals surface area contributed by atoms with Gasteiger partial charge in [-0.05, 0) is 24.1 Å². The Morgan fingerprint density at radius 2 is 1.93 bits per heavy atom. The van der Waals surface area contributed by atoms with E-state index in [1.807, 2.05) is 53.9 Å². The van der Waals surface area contributed by atoms with Gasteiger partial charge >= 0.3 is 0 Å². The first-order valence-electron chi connectivity index (χ1n) is 9.41. The molecule has 4 rings (SSSR count). The third-order valence-electron chi connectivity index (χ3n) is 4.63. The molecule has 0 spiro atoms. The van der Waals surface area contributed by atoms with Crippen molar-refractivity contribution in [2.75, 3.05) is 13.2 Å². The van der Waals surface area contributed by atoms with E-state index in [4.69, 9.17) is 9.47 Å². The zero-order chi connectivity index (χ0) is 19.3. The summed E-state index contributed by atoms with van der Waals surface area (Å²) in [5.74, 6) is 1.46. The topological polar surface area (TPSA) is 60.5 Å². The minimum Gasteiger partial charge on any atom is -0.486 e. The van der Waals surface area contributed by atoms with Gasteiger partial charge < -0.3 is 14.8 Å². The van der Waals surface area contributed by atoms with E-state index in [0.29, 0.717) is 13.2 Å². The van der Waals surface area contributed by atoms with Gasteiger partial charge in [-0.15, -0.1) is 11.3 Å². The number of carbonyl (C=O) groups excluding carboxylic acids is 1. The molecule has 144 valence electrons. The lowest BCUT2D eigenvalue weighted by atomic mass is 10.0. The molecule has 1 atom stereocenters. The van der Waals surface area contributed by atoms with Crippen LogP contribution in [0.4, 0.5) is 0 Å². The second kappa shape index (κ2) is 8.44. The summed E-state index contributed by atoms with van der Waals surface area (Å²) >= 11 is 1.56. The Bertz CT molecular complexity index is 955. The average molecular weight is 394 g/mol. The highest BCUT2D eigenvalue weighted by Crippen LogP contribution is 2.33. The van der Waals surface area contributed by atoms with Gasteiger partial charge in [-0.1, -0.05) is 43.3 Å². The van der Waals surface area contributed by atoms with E-state index in [2.05, 4.69) is 17.2 Å². The van der Waals surface area contributed by atoms with Crippen molar-refractivity contribution in [3.05, 3.63) is 65.2 Å². The van der Waals surface area contributed by atoms with Gasteiger partial charge in [-0.3, -0.25) is 4.79 Å². The summed E-state index contributed by atoms with van der Waals surface area (Å²) in [6.45, 7) is 3.17. The lowest BCUT2D eigenvalue weighted by Crippen LogP contribution is -2.29. The number of aromatic nitrogens is 1. The van der Waals surface area contributed by atoms with Crippen LogP contribution in [0.1, 0.15) is 30.6 Å². The molecule has 1 amide bonds. The van der Waals surface area contributed by atoms with E-state index in [-0.39, 0.29) is 18.4 Å². The van der Waals surface area contributed by atoms with E-state index in [1.165, 1.54) is 0 Å². The van der Waals surface area contributed by atoms with Gasteiger partial charge in [0.15, 0.2) is 11.5 Å². The minimum atomic E-state index is -0.0736. The third-order valence-corrected chi connectivity index (χ3v) is 5.57. The average Bonchev–Trinajstić information content (AvgIpc) is 3.20. The Morgan fingerprint density at radius 3 is 2.71 bits per heavy atom. The Hall–Kier alpha value is -2.86. The predicted octanol–water partition coefficient (Wildman–Crippen LogP) is 4.39. The van der Waals surface area contributed by atoms with Gasteiger partial charge in [0, 0.05) is 10.9 Å². The highest BCUT2D eigenvalue weighted by molar-refractivity contribution is 7.13. The van der Waals surface area contributed by atoms with Gasteiger partial charge in [0.25, 0.3) is 0 Å². The molecule has 0 fully saturated rings. The van der Waals surface area contributed by atoms with Crippen molar-refractivity contribution in [2.24, 2.45) is 0 Å². The van der Waals surface area contributed by atoms with Crippen LogP contribution in [0.2, 0.25) is 0 Å². The van der Waals surface area contributed by atoms with Gasteiger partial charge in [0.2, 0.25) is 5.91 Å². The van der Waals surface area contributed by atoms with Crippen LogP contribution in [-0.2, 0) is 11.2 Å². The van der Waals surface area contributed by atoms with Gasteiger partial charge in [0.1, 0.15) is 18.2 Å². The molecule has 2 heterocycles. The van der Waals surface area contributed by atoms with Crippen molar-refractivity contribution in [1.82, 2.24) is 10.3 Å². The predicted molar refractivity (Wildman–Crippen MR) is 110 cm³/mol. The third kappa shape index (κ3) is 4.17. The molecule has 1 aliphatic rings. The van der Waals surface area contributed by atoms with Crippen molar-refractivity contribution in [3.8, 4) is 22.1 Å². The highest BCUT2D eigenvalue weighted by atomic mass is 32.1. The van der Waals surface area contributed by atoms with Crippen LogP contribution in [0.5, 0.6) is 11.5 Å². The molecule has 1 unspecified atom stereocenters. The number of ether oxygens (including phenoxy) is 2. The minimum absolute atomic E-state index is 0.0355. The number of carbonyl (C=O) groups is 1. The fourth-order valence-corrected chi connectivity index (χ4v) is 4.03. The van der Waals surface area contributed by atoms with Gasteiger partial charge in [0.05, 0.1) is 18.2 Å². The number of fused-ring (bicyclic) bond motifs is 1. The summed E-state index contributed by atoms with van der Waals surface area (Å²) in [5.41, 5.74) is 2.88. The number of thiazole rings is 1. The SMILES string of the molecule is CCC(NC(=O)Cc1csc(-c2ccccc2)n1)c1ccc2c(c1)OCCO2. The summed E-state index contributed by atoms with van der Waals surface area (Å²) in [5, 5.41) is 6.00. The summed E-state index contributed by atoms with van der Waals surface area (Å²) < 4.78 is 11.2. The van der Waals surface area contributed by atoms with Crippen LogP contribution in [0.25, 0.3) is 10.6 Å². The molecule has 2 aromatic carbocycles. The fraction of sp³-hybridized carbons (Fsp3) is 0.273. The number of benzene rings is 2. The molecule has 1 N–H and O–H groups in total. The van der Waals surface area contributed by atoms with Crippen LogP contribution >= 0.6 is 11.3 Å². The summed E-state index contributed by atoms with van der Waals surface area (Å²) in [7, 11) is 0. The van der Waals surface area contributed by atoms with Crippen molar-refractivity contribution >= 4 is 17.2 Å². The molecule has 28 heavy (non-hydrogen) atoms. The Labute approximate surface area is 168 Å². The summed E-state index contributed by atoms with van der Waals surface area (Å²) in [6, 6.07) is 15.8. The second-order valence-corrected chi connectivity index (χ2v) is 7.48. The quantitative estimate of drug-likeness (QED) is 0.674. The van der Waals surface area contributed by atoms with Crippen molar-refractivity contribution in [1.29, 1.82) is 0 Å². The molecule has 1 aliphatic heterocycles. The lowest BCUT2D eigenvalue weighted by Gasteiger charge is -2.22. The summed E-state index contributed by atoms with van der Waals surface area (Å²) in [6.07, 6.45) is 1.06. The first-order valence-corrected chi connectivity index (χ1v) is 10.3. The molecule has 0 saturated carbocycles. The van der Waals surface area contributed by atoms with Crippen LogP contribution in [-0.4, -0.2) is 24.1 Å². The van der Waals surface area contributed by atoms with E-state index in [0.717, 1.165) is 39.7 Å². The maximum atomic E-state index is 12.6. The molecular weight excluding hydrogens is 372 g/mol. The fourth-order valence-electron chi connectivity index (χ4n) is 3.21. The Kier molecular flexibility index (Phi) is 5.58. The number of nitrogens with one attached hydrogen (secondary N) is 1. The van der Waals surface area contributed by atoms with Crippen molar-refractivity contribution < 1.29 is 14.3 Å². The van der Waals surface area contributed by atoms with Crippen LogP contribution < -0.4 is 14.8 Å². The van der Waals surface area contributed by atoms with E-state index in [9.17, 15) is 4.79 Å². The number of nitrogens with zero attached hydrogens (tertiary/aromatic N) is 1. The molecule has 5 nitrogen and oxygen atoms in total. The first-order chi connectivity index (χ1) is 13.7. The second-order valence-electron chi connectivity index (χ2n) is 6.62. The summed E-state index contributed by atoms with van der Waals surface area (Å²) in [4.78, 5) is 17.2. The molecule has 0 aliphatic carbocycles. The standard InChI is InChI=1S/C22H22N2O3S/c1-2-18(16-8-9-19-20(12-16)27-11-10-26-19)24-21(25)13-17-14-28-22(23-17)15-6-4-3-5-7-15/h3-9,12,14,18H,2,10-11,13H2,1H3,(H,24,25). The molecule has 1 aromatic heterocycles. The van der Waals surface area contributed by atoms with Crippen LogP contribution in [0, 0.1) is 0 Å². The van der Waals surface area contributed by atoms with Crippen molar-refractivity contribution in [3.63, 3.8) is 0 Å². The maximum absolute atomic E-state index is 12.6. The molecule has 0 saturated heterocycles. The van der Waals surface area contributed by atoms with E-state index < -0.39 is 0 Å². The largest absolute Gasteiger partial charge is 0.486 e. The molecule has 6 heteroatoms. The lowest BCUT2D eigenvalue weighted by molar-refractivity contribution is -0.121. The smallest absolute Gasteiger partial charge is 0.226 e. The monoisotopic (exact) mass is 394 g/mol. The maximum Gasteiger partial charge on any atom is 0.226 e. The normalized spacial score (nSPS) is 13.8. The van der Waals surface area contributed by atoms with Crippen LogP contribution in [0.15, 0.2) is 53.9 Å². The Morgan fingerprint density at radius 1 is 1.14 bits per heavy atom. The number of amides is 1. The van der Waals surface area contributed by atoms with E-state index >= 15 is 0 Å². The van der Waals surface area contributed by atoms with E-state index in [1.54, 1.807) is 11.3 Å². The zero-order valence-corrected chi connectivity index (χ0v) is 16.5. The van der Waals surface area contributed by atoms with Gasteiger partial charge in [-0.25, -0.2) is 4.98 Å². The zero-order valence-electron chi connectivity index (χ0n) is 15.7. The number of hydrogen-bond donors (Lipinski definition) is 1. The molecule has 3 aromatic rings. The first kappa shape index (κ1) is 18.5. The molecule has 0 bridgehead atoms. The molecule has 0 radical (unpaired) electrons. The van der Waals surface area contributed by atoms with Crippen LogP contribution in [0.3, 0.4) is 0 Å². The number of rotatable bonds is 6. The molecular formula is C22H22N2O3S. The number of hydrogen-bond acceptors (Lipinski definition) is 5. The highest BCUT2D eigenvalue weighted by Gasteiger charge is 2.18. The Balaban J connectivity index is 1.42.